The Bertz CT molecular complexity index is 632. The van der Waals surface area contributed by atoms with Gasteiger partial charge < -0.3 is 10.2 Å². The van der Waals surface area contributed by atoms with Crippen LogP contribution >= 0.6 is 0 Å². The van der Waals surface area contributed by atoms with Gasteiger partial charge in [0.15, 0.2) is 0 Å². The van der Waals surface area contributed by atoms with E-state index >= 15 is 0 Å². The molecule has 1 aromatic carbocycles. The van der Waals surface area contributed by atoms with E-state index in [9.17, 15) is 9.18 Å². The highest BCUT2D eigenvalue weighted by atomic mass is 19.1. The highest BCUT2D eigenvalue weighted by Gasteiger charge is 2.23. The molecular weight excluding hydrogens is 271 g/mol. The van der Waals surface area contributed by atoms with Gasteiger partial charge >= 0.3 is 0 Å². The molecule has 1 aliphatic heterocycles. The van der Waals surface area contributed by atoms with Crippen LogP contribution in [-0.4, -0.2) is 47.2 Å². The molecule has 1 saturated heterocycles. The Kier molecular flexibility index (Phi) is 3.96. The molecule has 0 radical (unpaired) electrons. The normalized spacial score (nSPS) is 15.8. The largest absolute Gasteiger partial charge is 0.337 e. The zero-order valence-electron chi connectivity index (χ0n) is 11.6. The zero-order valence-corrected chi connectivity index (χ0v) is 11.6. The first kappa shape index (κ1) is 13.8. The summed E-state index contributed by atoms with van der Waals surface area (Å²) in [5, 5.41) is 9.93. The van der Waals surface area contributed by atoms with E-state index in [1.165, 1.54) is 12.3 Å². The van der Waals surface area contributed by atoms with E-state index in [0.717, 1.165) is 19.5 Å². The number of nitrogens with zero attached hydrogens (tertiary/aromatic N) is 2. The third kappa shape index (κ3) is 2.80. The van der Waals surface area contributed by atoms with Crippen LogP contribution in [0.4, 0.5) is 4.39 Å². The summed E-state index contributed by atoms with van der Waals surface area (Å²) < 4.78 is 13.9. The summed E-state index contributed by atoms with van der Waals surface area (Å²) in [5.41, 5.74) is 1.23. The first-order chi connectivity index (χ1) is 10.3. The number of aromatic nitrogens is 2. The molecule has 6 heteroatoms. The third-order valence-corrected chi connectivity index (χ3v) is 3.64. The minimum absolute atomic E-state index is 0.106. The Hall–Kier alpha value is -2.21. The van der Waals surface area contributed by atoms with Gasteiger partial charge in [-0.3, -0.25) is 9.89 Å². The van der Waals surface area contributed by atoms with Crippen LogP contribution in [0.5, 0.6) is 0 Å². The number of carbonyl (C=O) groups is 1. The summed E-state index contributed by atoms with van der Waals surface area (Å²) in [5.74, 6) is -0.473. The second-order valence-electron chi connectivity index (χ2n) is 5.03. The van der Waals surface area contributed by atoms with E-state index in [0.29, 0.717) is 29.9 Å². The maximum atomic E-state index is 13.9. The lowest BCUT2D eigenvalue weighted by Crippen LogP contribution is -2.34. The van der Waals surface area contributed by atoms with Gasteiger partial charge in [0, 0.05) is 25.2 Å². The Morgan fingerprint density at radius 3 is 2.95 bits per heavy atom. The van der Waals surface area contributed by atoms with Crippen LogP contribution in [0.25, 0.3) is 11.3 Å². The van der Waals surface area contributed by atoms with Gasteiger partial charge in [-0.05, 0) is 25.1 Å². The second-order valence-corrected chi connectivity index (χ2v) is 5.03. The smallest absolute Gasteiger partial charge is 0.257 e. The van der Waals surface area contributed by atoms with Gasteiger partial charge in [-0.15, -0.1) is 0 Å². The quantitative estimate of drug-likeness (QED) is 0.883. The number of rotatable bonds is 2. The summed E-state index contributed by atoms with van der Waals surface area (Å²) in [7, 11) is 0. The molecule has 2 N–H and O–H groups in total. The number of amides is 1. The maximum absolute atomic E-state index is 13.9. The van der Waals surface area contributed by atoms with E-state index in [1.807, 2.05) is 0 Å². The van der Waals surface area contributed by atoms with Crippen molar-refractivity contribution in [3.8, 4) is 11.3 Å². The van der Waals surface area contributed by atoms with Crippen LogP contribution in [0, 0.1) is 5.82 Å². The molecule has 0 atom stereocenters. The van der Waals surface area contributed by atoms with Crippen molar-refractivity contribution in [1.29, 1.82) is 0 Å². The lowest BCUT2D eigenvalue weighted by molar-refractivity contribution is 0.0767. The molecule has 1 fully saturated rings. The van der Waals surface area contributed by atoms with E-state index in [-0.39, 0.29) is 11.7 Å². The van der Waals surface area contributed by atoms with Gasteiger partial charge in [-0.1, -0.05) is 12.1 Å². The number of aromatic amines is 1. The van der Waals surface area contributed by atoms with Crippen molar-refractivity contribution in [2.24, 2.45) is 0 Å². The van der Waals surface area contributed by atoms with Crippen LogP contribution < -0.4 is 5.32 Å². The van der Waals surface area contributed by atoms with Crippen LogP contribution in [0.3, 0.4) is 0 Å². The van der Waals surface area contributed by atoms with Crippen molar-refractivity contribution in [3.05, 3.63) is 41.8 Å². The molecule has 2 heterocycles. The topological polar surface area (TPSA) is 61.0 Å². The fourth-order valence-corrected chi connectivity index (χ4v) is 2.54. The van der Waals surface area contributed by atoms with Crippen molar-refractivity contribution in [2.45, 2.75) is 6.42 Å². The predicted octanol–water partition coefficient (Wildman–Crippen LogP) is 1.65. The standard InChI is InChI=1S/C15H17FN4O/c16-13-5-2-1-4-11(13)14-12(10-18-19-14)15(21)20-8-3-6-17-7-9-20/h1-2,4-5,10,17H,3,6-9H2,(H,18,19). The van der Waals surface area contributed by atoms with E-state index in [4.69, 9.17) is 0 Å². The van der Waals surface area contributed by atoms with Crippen molar-refractivity contribution in [3.63, 3.8) is 0 Å². The maximum Gasteiger partial charge on any atom is 0.257 e. The van der Waals surface area contributed by atoms with E-state index in [1.54, 1.807) is 23.1 Å². The van der Waals surface area contributed by atoms with Crippen molar-refractivity contribution in [2.75, 3.05) is 26.2 Å². The number of hydrogen-bond donors (Lipinski definition) is 2. The summed E-state index contributed by atoms with van der Waals surface area (Å²) >= 11 is 0. The summed E-state index contributed by atoms with van der Waals surface area (Å²) in [6.45, 7) is 3.04. The molecule has 1 amide bonds. The lowest BCUT2D eigenvalue weighted by atomic mass is 10.1. The first-order valence-corrected chi connectivity index (χ1v) is 7.05. The number of H-pyrrole nitrogens is 1. The summed E-state index contributed by atoms with van der Waals surface area (Å²) in [6, 6.07) is 6.38. The van der Waals surface area contributed by atoms with Crippen LogP contribution in [0.1, 0.15) is 16.8 Å². The number of halogens is 1. The molecule has 110 valence electrons. The monoisotopic (exact) mass is 288 g/mol. The minimum atomic E-state index is -0.367. The highest BCUT2D eigenvalue weighted by Crippen LogP contribution is 2.25. The highest BCUT2D eigenvalue weighted by molar-refractivity contribution is 5.99. The third-order valence-electron chi connectivity index (χ3n) is 3.64. The average molecular weight is 288 g/mol. The van der Waals surface area contributed by atoms with E-state index in [2.05, 4.69) is 15.5 Å². The summed E-state index contributed by atoms with van der Waals surface area (Å²) in [6.07, 6.45) is 2.39. The molecule has 21 heavy (non-hydrogen) atoms. The second kappa shape index (κ2) is 6.05. The molecule has 0 aliphatic carbocycles. The van der Waals surface area contributed by atoms with Gasteiger partial charge in [0.1, 0.15) is 5.82 Å². The number of benzene rings is 1. The Morgan fingerprint density at radius 2 is 2.10 bits per heavy atom. The Morgan fingerprint density at radius 1 is 1.24 bits per heavy atom. The van der Waals surface area contributed by atoms with Crippen molar-refractivity contribution < 1.29 is 9.18 Å². The predicted molar refractivity (Wildman–Crippen MR) is 77.4 cm³/mol. The molecule has 0 unspecified atom stereocenters. The van der Waals surface area contributed by atoms with Gasteiger partial charge in [-0.2, -0.15) is 5.10 Å². The molecule has 0 spiro atoms. The Labute approximate surface area is 122 Å². The molecule has 0 bridgehead atoms. The van der Waals surface area contributed by atoms with Gasteiger partial charge in [0.05, 0.1) is 17.5 Å². The van der Waals surface area contributed by atoms with Crippen LogP contribution in [0.15, 0.2) is 30.5 Å². The molecular formula is C15H17FN4O. The average Bonchev–Trinajstić information content (AvgIpc) is 2.81. The van der Waals surface area contributed by atoms with Gasteiger partial charge in [-0.25, -0.2) is 4.39 Å². The molecule has 3 rings (SSSR count). The first-order valence-electron chi connectivity index (χ1n) is 7.05. The minimum Gasteiger partial charge on any atom is -0.337 e. The molecule has 1 aromatic heterocycles. The SMILES string of the molecule is O=C(c1cn[nH]c1-c1ccccc1F)N1CCCNCC1. The molecule has 0 saturated carbocycles. The zero-order chi connectivity index (χ0) is 14.7. The molecule has 5 nitrogen and oxygen atoms in total. The fourth-order valence-electron chi connectivity index (χ4n) is 2.54. The van der Waals surface area contributed by atoms with Crippen molar-refractivity contribution in [1.82, 2.24) is 20.4 Å². The summed E-state index contributed by atoms with van der Waals surface area (Å²) in [4.78, 5) is 14.4. The number of carbonyl (C=O) groups excluding carboxylic acids is 1. The van der Waals surface area contributed by atoms with Crippen LogP contribution in [0.2, 0.25) is 0 Å². The fraction of sp³-hybridized carbons (Fsp3) is 0.333. The van der Waals surface area contributed by atoms with Crippen molar-refractivity contribution >= 4 is 5.91 Å². The molecule has 1 aliphatic rings. The number of hydrogen-bond acceptors (Lipinski definition) is 3. The van der Waals surface area contributed by atoms with E-state index < -0.39 is 0 Å². The van der Waals surface area contributed by atoms with Gasteiger partial charge in [0.25, 0.3) is 5.91 Å². The van der Waals surface area contributed by atoms with Crippen LogP contribution in [-0.2, 0) is 0 Å². The Balaban J connectivity index is 1.91. The number of nitrogens with one attached hydrogen (secondary N) is 2. The lowest BCUT2D eigenvalue weighted by Gasteiger charge is -2.19. The molecule has 2 aromatic rings. The van der Waals surface area contributed by atoms with Gasteiger partial charge in [0.2, 0.25) is 0 Å².